The van der Waals surface area contributed by atoms with Gasteiger partial charge in [-0.3, -0.25) is 4.79 Å². The molecule has 56 valence electrons. The van der Waals surface area contributed by atoms with Crippen molar-refractivity contribution in [2.75, 3.05) is 7.11 Å². The fourth-order valence-electron chi connectivity index (χ4n) is 0.394. The van der Waals surface area contributed by atoms with E-state index in [9.17, 15) is 9.59 Å². The number of allylic oxidation sites excluding steroid dienone is 1. The molecule has 10 heavy (non-hydrogen) atoms. The van der Waals surface area contributed by atoms with Gasteiger partial charge in [0, 0.05) is 0 Å². The Morgan fingerprint density at radius 1 is 1.50 bits per heavy atom. The maximum absolute atomic E-state index is 10.6. The Morgan fingerprint density at radius 3 is 2.50 bits per heavy atom. The van der Waals surface area contributed by atoms with Crippen molar-refractivity contribution in [1.29, 1.82) is 0 Å². The predicted octanol–water partition coefficient (Wildman–Crippen LogP) is 0.695. The van der Waals surface area contributed by atoms with Crippen LogP contribution in [0.5, 0.6) is 0 Å². The van der Waals surface area contributed by atoms with Gasteiger partial charge in [0.25, 0.3) is 5.78 Å². The lowest BCUT2D eigenvalue weighted by Gasteiger charge is -1.89. The molecule has 3 nitrogen and oxygen atoms in total. The average molecular weight is 142 g/mol. The van der Waals surface area contributed by atoms with E-state index in [4.69, 9.17) is 0 Å². The molecule has 0 aromatic heterocycles. The fourth-order valence-corrected chi connectivity index (χ4v) is 0.394. The second-order valence-corrected chi connectivity index (χ2v) is 1.67. The summed E-state index contributed by atoms with van der Waals surface area (Å²) in [5.74, 6) is -1.42. The first-order chi connectivity index (χ1) is 4.72. The third-order valence-corrected chi connectivity index (χ3v) is 0.892. The number of ether oxygens (including phenoxy) is 1. The summed E-state index contributed by atoms with van der Waals surface area (Å²) >= 11 is 0. The van der Waals surface area contributed by atoms with Crippen LogP contribution in [0.2, 0.25) is 0 Å². The van der Waals surface area contributed by atoms with Crippen molar-refractivity contribution in [1.82, 2.24) is 0 Å². The van der Waals surface area contributed by atoms with Crippen molar-refractivity contribution < 1.29 is 14.3 Å². The molecule has 0 radical (unpaired) electrons. The molecule has 0 unspecified atom stereocenters. The SMILES string of the molecule is CC/C=C/C(=O)C(=O)OC. The number of methoxy groups -OCH3 is 1. The zero-order valence-corrected chi connectivity index (χ0v) is 6.09. The predicted molar refractivity (Wildman–Crippen MR) is 36.5 cm³/mol. The highest BCUT2D eigenvalue weighted by molar-refractivity contribution is 6.38. The van der Waals surface area contributed by atoms with Crippen LogP contribution < -0.4 is 0 Å². The molecule has 0 saturated carbocycles. The van der Waals surface area contributed by atoms with Crippen LogP contribution in [0.25, 0.3) is 0 Å². The number of rotatable bonds is 3. The molecule has 0 aromatic rings. The van der Waals surface area contributed by atoms with E-state index < -0.39 is 11.8 Å². The maximum Gasteiger partial charge on any atom is 0.378 e. The quantitative estimate of drug-likeness (QED) is 0.331. The van der Waals surface area contributed by atoms with E-state index in [1.807, 2.05) is 6.92 Å². The van der Waals surface area contributed by atoms with Gasteiger partial charge in [-0.1, -0.05) is 13.0 Å². The van der Waals surface area contributed by atoms with E-state index >= 15 is 0 Å². The largest absolute Gasteiger partial charge is 0.463 e. The number of carbonyl (C=O) groups excluding carboxylic acids is 2. The molecule has 0 amide bonds. The molecular weight excluding hydrogens is 132 g/mol. The molecule has 3 heteroatoms. The van der Waals surface area contributed by atoms with E-state index in [-0.39, 0.29) is 0 Å². The van der Waals surface area contributed by atoms with Crippen molar-refractivity contribution in [3.8, 4) is 0 Å². The Morgan fingerprint density at radius 2 is 2.10 bits per heavy atom. The molecule has 0 aliphatic heterocycles. The molecule has 0 aliphatic carbocycles. The second kappa shape index (κ2) is 4.73. The van der Waals surface area contributed by atoms with Crippen LogP contribution in [0.1, 0.15) is 13.3 Å². The molecule has 0 N–H and O–H groups in total. The minimum Gasteiger partial charge on any atom is -0.463 e. The molecule has 0 saturated heterocycles. The van der Waals surface area contributed by atoms with Crippen LogP contribution in [0.3, 0.4) is 0 Å². The molecular formula is C7H10O3. The Balaban J connectivity index is 3.85. The highest BCUT2D eigenvalue weighted by atomic mass is 16.5. The molecule has 0 spiro atoms. The highest BCUT2D eigenvalue weighted by Crippen LogP contribution is 1.84. The minimum absolute atomic E-state index is 0.607. The second-order valence-electron chi connectivity index (χ2n) is 1.67. The molecule has 0 rings (SSSR count). The monoisotopic (exact) mass is 142 g/mol. The third-order valence-electron chi connectivity index (χ3n) is 0.892. The fraction of sp³-hybridized carbons (Fsp3) is 0.429. The molecule has 0 bridgehead atoms. The number of hydrogen-bond acceptors (Lipinski definition) is 3. The van der Waals surface area contributed by atoms with Gasteiger partial charge in [-0.15, -0.1) is 0 Å². The van der Waals surface area contributed by atoms with Crippen LogP contribution in [-0.4, -0.2) is 18.9 Å². The Kier molecular flexibility index (Phi) is 4.20. The van der Waals surface area contributed by atoms with Gasteiger partial charge >= 0.3 is 5.97 Å². The van der Waals surface area contributed by atoms with Crippen LogP contribution in [0.15, 0.2) is 12.2 Å². The molecule has 0 aliphatic rings. The van der Waals surface area contributed by atoms with Gasteiger partial charge in [0.05, 0.1) is 7.11 Å². The summed E-state index contributed by atoms with van der Waals surface area (Å²) < 4.78 is 4.17. The minimum atomic E-state index is -0.815. The summed E-state index contributed by atoms with van der Waals surface area (Å²) in [6.07, 6.45) is 3.56. The summed E-state index contributed by atoms with van der Waals surface area (Å²) in [4.78, 5) is 21.0. The van der Waals surface area contributed by atoms with Gasteiger partial charge in [0.15, 0.2) is 0 Å². The summed E-state index contributed by atoms with van der Waals surface area (Å²) in [6, 6.07) is 0. The lowest BCUT2D eigenvalue weighted by Crippen LogP contribution is -2.12. The van der Waals surface area contributed by atoms with Crippen LogP contribution in [-0.2, 0) is 14.3 Å². The lowest BCUT2D eigenvalue weighted by molar-refractivity contribution is -0.149. The van der Waals surface area contributed by atoms with E-state index in [1.54, 1.807) is 6.08 Å². The molecule has 0 aromatic carbocycles. The van der Waals surface area contributed by atoms with Crippen LogP contribution in [0, 0.1) is 0 Å². The summed E-state index contributed by atoms with van der Waals surface area (Å²) in [5, 5.41) is 0. The van der Waals surface area contributed by atoms with Gasteiger partial charge in [-0.2, -0.15) is 0 Å². The molecule has 0 fully saturated rings. The number of ketones is 1. The topological polar surface area (TPSA) is 43.4 Å². The summed E-state index contributed by atoms with van der Waals surface area (Å²) in [7, 11) is 1.18. The van der Waals surface area contributed by atoms with Gasteiger partial charge in [-0.05, 0) is 12.5 Å². The van der Waals surface area contributed by atoms with Crippen molar-refractivity contribution in [2.45, 2.75) is 13.3 Å². The first kappa shape index (κ1) is 8.88. The van der Waals surface area contributed by atoms with Gasteiger partial charge in [0.2, 0.25) is 0 Å². The Labute approximate surface area is 59.7 Å². The Bertz CT molecular complexity index is 158. The third kappa shape index (κ3) is 3.02. The first-order valence-electron chi connectivity index (χ1n) is 3.01. The lowest BCUT2D eigenvalue weighted by atomic mass is 10.3. The van der Waals surface area contributed by atoms with E-state index in [2.05, 4.69) is 4.74 Å². The normalized spacial score (nSPS) is 9.80. The number of hydrogen-bond donors (Lipinski definition) is 0. The van der Waals surface area contributed by atoms with Crippen LogP contribution in [0.4, 0.5) is 0 Å². The average Bonchev–Trinajstić information content (AvgIpc) is 1.98. The zero-order chi connectivity index (χ0) is 7.98. The van der Waals surface area contributed by atoms with Crippen LogP contribution >= 0.6 is 0 Å². The summed E-state index contributed by atoms with van der Waals surface area (Å²) in [5.41, 5.74) is 0. The van der Waals surface area contributed by atoms with Gasteiger partial charge < -0.3 is 4.74 Å². The molecule has 0 atom stereocenters. The van der Waals surface area contributed by atoms with Gasteiger partial charge in [-0.25, -0.2) is 4.79 Å². The van der Waals surface area contributed by atoms with E-state index in [1.165, 1.54) is 13.2 Å². The maximum atomic E-state index is 10.6. The van der Waals surface area contributed by atoms with Gasteiger partial charge in [0.1, 0.15) is 0 Å². The smallest absolute Gasteiger partial charge is 0.378 e. The number of carbonyl (C=O) groups is 2. The first-order valence-corrected chi connectivity index (χ1v) is 3.01. The Hall–Kier alpha value is -1.12. The summed E-state index contributed by atoms with van der Waals surface area (Å²) in [6.45, 7) is 1.88. The van der Waals surface area contributed by atoms with E-state index in [0.717, 1.165) is 6.42 Å². The van der Waals surface area contributed by atoms with E-state index in [0.29, 0.717) is 0 Å². The van der Waals surface area contributed by atoms with Crippen molar-refractivity contribution >= 4 is 11.8 Å². The van der Waals surface area contributed by atoms with Crippen molar-refractivity contribution in [3.05, 3.63) is 12.2 Å². The zero-order valence-electron chi connectivity index (χ0n) is 6.09. The van der Waals surface area contributed by atoms with Crippen molar-refractivity contribution in [3.63, 3.8) is 0 Å². The number of esters is 1. The standard InChI is InChI=1S/C7H10O3/c1-3-4-5-6(8)7(9)10-2/h4-5H,3H2,1-2H3/b5-4+. The molecule has 0 heterocycles. The van der Waals surface area contributed by atoms with Crippen molar-refractivity contribution in [2.24, 2.45) is 0 Å². The highest BCUT2D eigenvalue weighted by Gasteiger charge is 2.07.